The van der Waals surface area contributed by atoms with Crippen molar-refractivity contribution in [3.63, 3.8) is 0 Å². The molecule has 0 fully saturated rings. The molecule has 3 atom stereocenters. The van der Waals surface area contributed by atoms with Crippen LogP contribution in [0.15, 0.2) is 12.7 Å². The monoisotopic (exact) mass is 268 g/mol. The fourth-order valence-corrected chi connectivity index (χ4v) is 2.74. The lowest BCUT2D eigenvalue weighted by molar-refractivity contribution is 0.120. The van der Waals surface area contributed by atoms with Gasteiger partial charge in [0.05, 0.1) is 0 Å². The summed E-state index contributed by atoms with van der Waals surface area (Å²) in [6.45, 7) is 16.8. The van der Waals surface area contributed by atoms with Gasteiger partial charge in [-0.2, -0.15) is 0 Å². The molecule has 18 heavy (non-hydrogen) atoms. The number of aliphatic hydroxyl groups excluding tert-OH is 1. The molecule has 0 aliphatic carbocycles. The molecule has 3 heteroatoms. The number of hydrogen-bond acceptors (Lipinski definition) is 2. The average molecular weight is 268 g/mol. The lowest BCUT2D eigenvalue weighted by Crippen LogP contribution is -2.46. The van der Waals surface area contributed by atoms with Crippen LogP contribution in [-0.4, -0.2) is 26.1 Å². The summed E-state index contributed by atoms with van der Waals surface area (Å²) >= 11 is 0. The Morgan fingerprint density at radius 3 is 2.22 bits per heavy atom. The number of terminal acetylenes is 1. The third-order valence-corrected chi connectivity index (χ3v) is 8.51. The Labute approximate surface area is 114 Å². The van der Waals surface area contributed by atoms with Gasteiger partial charge in [0.1, 0.15) is 6.10 Å². The zero-order valence-corrected chi connectivity index (χ0v) is 13.7. The van der Waals surface area contributed by atoms with Gasteiger partial charge < -0.3 is 9.53 Å². The van der Waals surface area contributed by atoms with Crippen LogP contribution in [0.5, 0.6) is 0 Å². The van der Waals surface area contributed by atoms with Crippen molar-refractivity contribution in [3.05, 3.63) is 12.7 Å². The molecule has 0 amide bonds. The lowest BCUT2D eigenvalue weighted by atomic mass is 9.90. The molecule has 1 N–H and O–H groups in total. The molecule has 0 aromatic heterocycles. The molecule has 0 rings (SSSR count). The molecule has 2 nitrogen and oxygen atoms in total. The number of aliphatic hydroxyl groups is 1. The molecular weight excluding hydrogens is 240 g/mol. The molecule has 0 bridgehead atoms. The summed E-state index contributed by atoms with van der Waals surface area (Å²) in [5.41, 5.74) is 0. The lowest BCUT2D eigenvalue weighted by Gasteiger charge is -2.40. The highest BCUT2D eigenvalue weighted by atomic mass is 28.4. The van der Waals surface area contributed by atoms with Crippen LogP contribution in [0.1, 0.15) is 27.7 Å². The quantitative estimate of drug-likeness (QED) is 0.454. The van der Waals surface area contributed by atoms with Crippen molar-refractivity contribution in [2.24, 2.45) is 11.8 Å². The van der Waals surface area contributed by atoms with E-state index in [-0.39, 0.29) is 29.6 Å². The van der Waals surface area contributed by atoms with E-state index in [1.165, 1.54) is 0 Å². The summed E-state index contributed by atoms with van der Waals surface area (Å²) in [6, 6.07) is 0. The second-order valence-electron chi connectivity index (χ2n) is 6.41. The number of hydrogen-bond donors (Lipinski definition) is 1. The van der Waals surface area contributed by atoms with Crippen molar-refractivity contribution >= 4 is 8.32 Å². The van der Waals surface area contributed by atoms with Gasteiger partial charge in [0.25, 0.3) is 0 Å². The van der Waals surface area contributed by atoms with Crippen LogP contribution in [0.3, 0.4) is 0 Å². The van der Waals surface area contributed by atoms with Crippen molar-refractivity contribution < 1.29 is 9.53 Å². The first-order chi connectivity index (χ1) is 8.10. The zero-order chi connectivity index (χ0) is 14.6. The Morgan fingerprint density at radius 2 is 1.94 bits per heavy atom. The maximum absolute atomic E-state index is 9.31. The first-order valence-electron chi connectivity index (χ1n) is 6.48. The highest BCUT2D eigenvalue weighted by Crippen LogP contribution is 2.38. The van der Waals surface area contributed by atoms with E-state index in [0.29, 0.717) is 0 Å². The van der Waals surface area contributed by atoms with E-state index >= 15 is 0 Å². The highest BCUT2D eigenvalue weighted by Gasteiger charge is 2.40. The molecule has 0 unspecified atom stereocenters. The zero-order valence-electron chi connectivity index (χ0n) is 12.7. The summed E-state index contributed by atoms with van der Waals surface area (Å²) in [5, 5.41) is 9.44. The van der Waals surface area contributed by atoms with E-state index in [9.17, 15) is 5.11 Å². The Morgan fingerprint density at radius 1 is 1.44 bits per heavy atom. The Hall–Kier alpha value is -0.563. The fraction of sp³-hybridized carbons (Fsp3) is 0.733. The van der Waals surface area contributed by atoms with E-state index < -0.39 is 8.32 Å². The molecule has 0 saturated carbocycles. The summed E-state index contributed by atoms with van der Waals surface area (Å²) in [4.78, 5) is 0. The predicted octanol–water partition coefficient (Wildman–Crippen LogP) is 3.44. The van der Waals surface area contributed by atoms with Crippen LogP contribution in [-0.2, 0) is 4.43 Å². The van der Waals surface area contributed by atoms with Gasteiger partial charge >= 0.3 is 0 Å². The SMILES string of the molecule is C#C[C@@H](O[Si](C)(C)C(C)(C)C)[C@@H](C)[C@@H](C=C)CO. The van der Waals surface area contributed by atoms with Crippen molar-refractivity contribution in [3.8, 4) is 12.3 Å². The molecule has 0 saturated heterocycles. The molecule has 0 aliphatic rings. The van der Waals surface area contributed by atoms with Crippen LogP contribution in [0.25, 0.3) is 0 Å². The molecule has 0 aromatic rings. The third kappa shape index (κ3) is 4.27. The third-order valence-electron chi connectivity index (χ3n) is 4.06. The first kappa shape index (κ1) is 17.4. The predicted molar refractivity (Wildman–Crippen MR) is 80.8 cm³/mol. The van der Waals surface area contributed by atoms with E-state index in [0.717, 1.165) is 0 Å². The van der Waals surface area contributed by atoms with Gasteiger partial charge in [-0.3, -0.25) is 0 Å². The Balaban J connectivity index is 4.93. The van der Waals surface area contributed by atoms with Gasteiger partial charge in [0.2, 0.25) is 0 Å². The van der Waals surface area contributed by atoms with E-state index in [2.05, 4.69) is 46.4 Å². The van der Waals surface area contributed by atoms with E-state index in [1.54, 1.807) is 6.08 Å². The van der Waals surface area contributed by atoms with Crippen LogP contribution in [0.2, 0.25) is 18.1 Å². The molecule has 0 aromatic carbocycles. The molecular formula is C15H28O2Si. The van der Waals surface area contributed by atoms with Crippen LogP contribution in [0, 0.1) is 24.2 Å². The average Bonchev–Trinajstić information content (AvgIpc) is 2.25. The van der Waals surface area contributed by atoms with Gasteiger partial charge in [-0.15, -0.1) is 13.0 Å². The summed E-state index contributed by atoms with van der Waals surface area (Å²) in [7, 11) is -1.88. The molecule has 0 spiro atoms. The van der Waals surface area contributed by atoms with Gasteiger partial charge in [-0.25, -0.2) is 0 Å². The van der Waals surface area contributed by atoms with Crippen molar-refractivity contribution in [1.29, 1.82) is 0 Å². The largest absolute Gasteiger partial charge is 0.403 e. The minimum Gasteiger partial charge on any atom is -0.403 e. The summed E-state index contributed by atoms with van der Waals surface area (Å²) < 4.78 is 6.24. The maximum atomic E-state index is 9.31. The first-order valence-corrected chi connectivity index (χ1v) is 9.39. The maximum Gasteiger partial charge on any atom is 0.193 e. The van der Waals surface area contributed by atoms with Gasteiger partial charge in [-0.05, 0) is 18.1 Å². The topological polar surface area (TPSA) is 29.5 Å². The smallest absolute Gasteiger partial charge is 0.193 e. The Kier molecular flexibility index (Phi) is 6.35. The van der Waals surface area contributed by atoms with Crippen LogP contribution in [0.4, 0.5) is 0 Å². The van der Waals surface area contributed by atoms with Crippen molar-refractivity contribution in [2.75, 3.05) is 6.61 Å². The summed E-state index contributed by atoms with van der Waals surface area (Å²) in [5.74, 6) is 2.79. The minimum atomic E-state index is -1.88. The minimum absolute atomic E-state index is 0.0178. The second kappa shape index (κ2) is 6.56. The Bertz CT molecular complexity index is 309. The fourth-order valence-electron chi connectivity index (χ4n) is 1.47. The van der Waals surface area contributed by atoms with E-state index in [1.807, 2.05) is 6.92 Å². The second-order valence-corrected chi connectivity index (χ2v) is 11.2. The summed E-state index contributed by atoms with van der Waals surface area (Å²) in [6.07, 6.45) is 7.09. The van der Waals surface area contributed by atoms with E-state index in [4.69, 9.17) is 10.8 Å². The standard InChI is InChI=1S/C15H28O2Si/c1-9-13(11-16)12(3)14(10-2)17-18(7,8)15(4,5)6/h2,9,12-14,16H,1,11H2,3-8H3/t12-,13-,14+/m0/s1. The van der Waals surface area contributed by atoms with Crippen molar-refractivity contribution in [1.82, 2.24) is 0 Å². The number of rotatable bonds is 6. The van der Waals surface area contributed by atoms with Crippen LogP contribution >= 0.6 is 0 Å². The van der Waals surface area contributed by atoms with Crippen molar-refractivity contribution in [2.45, 2.75) is 51.9 Å². The molecule has 0 aliphatic heterocycles. The normalized spacial score (nSPS) is 17.7. The molecule has 0 heterocycles. The van der Waals surface area contributed by atoms with Crippen LogP contribution < -0.4 is 0 Å². The highest BCUT2D eigenvalue weighted by molar-refractivity contribution is 6.74. The van der Waals surface area contributed by atoms with Gasteiger partial charge in [0.15, 0.2) is 8.32 Å². The molecule has 0 radical (unpaired) electrons. The van der Waals surface area contributed by atoms with Gasteiger partial charge in [0, 0.05) is 18.4 Å². The molecule has 104 valence electrons. The van der Waals surface area contributed by atoms with Gasteiger partial charge in [-0.1, -0.05) is 39.7 Å².